The molecular weight excluding hydrogens is 148 g/mol. The lowest BCUT2D eigenvalue weighted by molar-refractivity contribution is -0.145. The number of ether oxygens (including phenoxy) is 1. The summed E-state index contributed by atoms with van der Waals surface area (Å²) in [6.45, 7) is 1.48. The summed E-state index contributed by atoms with van der Waals surface area (Å²) in [4.78, 5) is 20.8. The molecule has 1 fully saturated rings. The zero-order valence-electron chi connectivity index (χ0n) is 6.16. The van der Waals surface area contributed by atoms with Crippen molar-refractivity contribution >= 4 is 11.9 Å². The molecule has 0 spiro atoms. The fraction of sp³-hybridized carbons (Fsp3) is 0.667. The van der Waals surface area contributed by atoms with Crippen LogP contribution < -0.4 is 11.1 Å². The Bertz CT molecular complexity index is 192. The summed E-state index contributed by atoms with van der Waals surface area (Å²) in [5.41, 5.74) is 5.35. The van der Waals surface area contributed by atoms with Gasteiger partial charge in [-0.05, 0) is 0 Å². The van der Waals surface area contributed by atoms with Gasteiger partial charge in [0, 0.05) is 6.92 Å². The maximum atomic E-state index is 10.5. The van der Waals surface area contributed by atoms with E-state index >= 15 is 0 Å². The Morgan fingerprint density at radius 1 is 1.82 bits per heavy atom. The Balaban J connectivity index is 2.20. The summed E-state index contributed by atoms with van der Waals surface area (Å²) in [7, 11) is 0. The lowest BCUT2D eigenvalue weighted by Crippen LogP contribution is -2.68. The van der Waals surface area contributed by atoms with Crippen LogP contribution >= 0.6 is 0 Å². The zero-order valence-corrected chi connectivity index (χ0v) is 6.16. The quantitative estimate of drug-likeness (QED) is 0.373. The second-order valence-corrected chi connectivity index (χ2v) is 2.44. The van der Waals surface area contributed by atoms with Crippen LogP contribution in [0.4, 0.5) is 0 Å². The fourth-order valence-electron chi connectivity index (χ4n) is 0.808. The molecule has 0 bridgehead atoms. The summed E-state index contributed by atoms with van der Waals surface area (Å²) in [6.07, 6.45) is 0. The van der Waals surface area contributed by atoms with Gasteiger partial charge in [0.2, 0.25) is 5.91 Å². The van der Waals surface area contributed by atoms with Crippen LogP contribution in [0, 0.1) is 0 Å². The minimum atomic E-state index is -0.519. The molecule has 5 nitrogen and oxygen atoms in total. The van der Waals surface area contributed by atoms with Gasteiger partial charge in [-0.3, -0.25) is 9.59 Å². The van der Waals surface area contributed by atoms with Gasteiger partial charge in [-0.25, -0.2) is 0 Å². The molecule has 0 radical (unpaired) electrons. The minimum Gasteiger partial charge on any atom is -0.464 e. The predicted molar refractivity (Wildman–Crippen MR) is 36.5 cm³/mol. The van der Waals surface area contributed by atoms with E-state index in [0.29, 0.717) is 0 Å². The Hall–Kier alpha value is -1.10. The smallest absolute Gasteiger partial charge is 0.302 e. The van der Waals surface area contributed by atoms with Gasteiger partial charge in [0.05, 0.1) is 6.04 Å². The maximum absolute atomic E-state index is 10.5. The molecule has 2 atom stereocenters. The monoisotopic (exact) mass is 158 g/mol. The van der Waals surface area contributed by atoms with Crippen molar-refractivity contribution in [1.82, 2.24) is 5.32 Å². The molecule has 1 aliphatic heterocycles. The van der Waals surface area contributed by atoms with Crippen LogP contribution in [0.15, 0.2) is 0 Å². The molecule has 3 N–H and O–H groups in total. The highest BCUT2D eigenvalue weighted by molar-refractivity contribution is 5.89. The number of rotatable bonds is 2. The van der Waals surface area contributed by atoms with Crippen LogP contribution in [0.5, 0.6) is 0 Å². The number of hydrogen-bond donors (Lipinski definition) is 2. The molecule has 1 heterocycles. The van der Waals surface area contributed by atoms with Gasteiger partial charge in [-0.1, -0.05) is 0 Å². The molecule has 0 saturated carbocycles. The van der Waals surface area contributed by atoms with Crippen molar-refractivity contribution in [3.05, 3.63) is 0 Å². The van der Waals surface area contributed by atoms with Crippen molar-refractivity contribution in [2.75, 3.05) is 6.61 Å². The standard InChI is InChI=1S/C6H10N2O3/c1-3(9)11-2-4-5(7)6(10)8-4/h4-5H,2,7H2,1H3,(H,8,10)/t4-,5+/m1/s1. The molecule has 1 rings (SSSR count). The van der Waals surface area contributed by atoms with Crippen LogP contribution in [0.1, 0.15) is 6.92 Å². The number of carbonyl (C=O) groups is 2. The van der Waals surface area contributed by atoms with E-state index in [-0.39, 0.29) is 24.5 Å². The van der Waals surface area contributed by atoms with Crippen LogP contribution in [-0.2, 0) is 14.3 Å². The van der Waals surface area contributed by atoms with E-state index < -0.39 is 6.04 Å². The average Bonchev–Trinajstić information content (AvgIpc) is 1.96. The molecule has 11 heavy (non-hydrogen) atoms. The second-order valence-electron chi connectivity index (χ2n) is 2.44. The van der Waals surface area contributed by atoms with E-state index in [1.165, 1.54) is 6.92 Å². The van der Waals surface area contributed by atoms with Gasteiger partial charge in [0.25, 0.3) is 0 Å². The fourth-order valence-corrected chi connectivity index (χ4v) is 0.808. The Morgan fingerprint density at radius 2 is 2.45 bits per heavy atom. The number of nitrogens with one attached hydrogen (secondary N) is 1. The summed E-state index contributed by atoms with van der Waals surface area (Å²) >= 11 is 0. The van der Waals surface area contributed by atoms with Gasteiger partial charge in [-0.2, -0.15) is 0 Å². The third-order valence-corrected chi connectivity index (χ3v) is 1.53. The Morgan fingerprint density at radius 3 is 2.82 bits per heavy atom. The first kappa shape index (κ1) is 8.00. The Kier molecular flexibility index (Phi) is 2.09. The minimum absolute atomic E-state index is 0.169. The highest BCUT2D eigenvalue weighted by atomic mass is 16.5. The molecule has 0 aromatic heterocycles. The highest BCUT2D eigenvalue weighted by Crippen LogP contribution is 2.03. The zero-order chi connectivity index (χ0) is 8.43. The van der Waals surface area contributed by atoms with Gasteiger partial charge >= 0.3 is 5.97 Å². The van der Waals surface area contributed by atoms with Crippen molar-refractivity contribution in [2.45, 2.75) is 19.0 Å². The lowest BCUT2D eigenvalue weighted by atomic mass is 10.0. The molecule has 1 saturated heterocycles. The van der Waals surface area contributed by atoms with Gasteiger partial charge < -0.3 is 15.8 Å². The summed E-state index contributed by atoms with van der Waals surface area (Å²) < 4.78 is 4.63. The third kappa shape index (κ3) is 1.68. The number of esters is 1. The molecular formula is C6H10N2O3. The average molecular weight is 158 g/mol. The van der Waals surface area contributed by atoms with E-state index in [1.807, 2.05) is 0 Å². The van der Waals surface area contributed by atoms with Crippen molar-refractivity contribution in [3.63, 3.8) is 0 Å². The molecule has 0 aliphatic carbocycles. The van der Waals surface area contributed by atoms with Crippen LogP contribution in [0.2, 0.25) is 0 Å². The molecule has 0 unspecified atom stereocenters. The van der Waals surface area contributed by atoms with E-state index in [9.17, 15) is 9.59 Å². The number of carbonyl (C=O) groups excluding carboxylic acids is 2. The second kappa shape index (κ2) is 2.87. The van der Waals surface area contributed by atoms with E-state index in [0.717, 1.165) is 0 Å². The first-order chi connectivity index (χ1) is 5.11. The topological polar surface area (TPSA) is 81.4 Å². The summed E-state index contributed by atoms with van der Waals surface area (Å²) in [5, 5.41) is 2.51. The van der Waals surface area contributed by atoms with Gasteiger partial charge in [0.1, 0.15) is 12.6 Å². The molecule has 62 valence electrons. The van der Waals surface area contributed by atoms with Crippen LogP contribution in [0.25, 0.3) is 0 Å². The number of β-lactam (4-membered cyclic amide) rings is 1. The number of amides is 1. The number of hydrogen-bond acceptors (Lipinski definition) is 4. The molecule has 5 heteroatoms. The van der Waals surface area contributed by atoms with E-state index in [2.05, 4.69) is 10.1 Å². The van der Waals surface area contributed by atoms with E-state index in [1.54, 1.807) is 0 Å². The first-order valence-electron chi connectivity index (χ1n) is 3.30. The largest absolute Gasteiger partial charge is 0.464 e. The van der Waals surface area contributed by atoms with Gasteiger partial charge in [-0.15, -0.1) is 0 Å². The number of nitrogens with two attached hydrogens (primary N) is 1. The van der Waals surface area contributed by atoms with Gasteiger partial charge in [0.15, 0.2) is 0 Å². The molecule has 0 aromatic carbocycles. The van der Waals surface area contributed by atoms with E-state index in [4.69, 9.17) is 5.73 Å². The lowest BCUT2D eigenvalue weighted by Gasteiger charge is -2.32. The summed E-state index contributed by atoms with van der Waals surface area (Å²) in [5.74, 6) is -0.555. The first-order valence-corrected chi connectivity index (χ1v) is 3.30. The normalized spacial score (nSPS) is 28.7. The van der Waals surface area contributed by atoms with Crippen molar-refractivity contribution in [1.29, 1.82) is 0 Å². The molecule has 1 amide bonds. The highest BCUT2D eigenvalue weighted by Gasteiger charge is 2.36. The predicted octanol–water partition coefficient (Wildman–Crippen LogP) is -1.62. The molecule has 1 aliphatic rings. The van der Waals surface area contributed by atoms with Crippen molar-refractivity contribution in [2.24, 2.45) is 5.73 Å². The van der Waals surface area contributed by atoms with Crippen LogP contribution in [-0.4, -0.2) is 30.6 Å². The van der Waals surface area contributed by atoms with Crippen molar-refractivity contribution in [3.8, 4) is 0 Å². The third-order valence-electron chi connectivity index (χ3n) is 1.53. The Labute approximate surface area is 63.9 Å². The maximum Gasteiger partial charge on any atom is 0.302 e. The SMILES string of the molecule is CC(=O)OC[C@H]1NC(=O)[C@H]1N. The molecule has 0 aromatic rings. The van der Waals surface area contributed by atoms with Crippen molar-refractivity contribution < 1.29 is 14.3 Å². The van der Waals surface area contributed by atoms with Crippen LogP contribution in [0.3, 0.4) is 0 Å². The summed E-state index contributed by atoms with van der Waals surface area (Å²) in [6, 6.07) is -0.722.